The molecule has 0 aliphatic rings. The van der Waals surface area contributed by atoms with E-state index in [1.54, 1.807) is 0 Å². The summed E-state index contributed by atoms with van der Waals surface area (Å²) in [6, 6.07) is 6.39. The SMILES string of the molecule is Cc1cccc(C)c1CCCCCC(=O)NNC(N)=S. The van der Waals surface area contributed by atoms with Crippen LogP contribution < -0.4 is 16.6 Å². The number of rotatable bonds is 6. The van der Waals surface area contributed by atoms with Gasteiger partial charge in [-0.1, -0.05) is 24.6 Å². The fraction of sp³-hybridized carbons (Fsp3) is 0.467. The van der Waals surface area contributed by atoms with Gasteiger partial charge < -0.3 is 5.73 Å². The van der Waals surface area contributed by atoms with Gasteiger partial charge in [-0.3, -0.25) is 15.6 Å². The highest BCUT2D eigenvalue weighted by Crippen LogP contribution is 2.16. The van der Waals surface area contributed by atoms with E-state index in [2.05, 4.69) is 55.1 Å². The second-order valence-electron chi connectivity index (χ2n) is 4.97. The van der Waals surface area contributed by atoms with Gasteiger partial charge in [-0.25, -0.2) is 0 Å². The van der Waals surface area contributed by atoms with Gasteiger partial charge in [-0.2, -0.15) is 0 Å². The van der Waals surface area contributed by atoms with E-state index in [4.69, 9.17) is 5.73 Å². The van der Waals surface area contributed by atoms with Crippen LogP contribution in [0, 0.1) is 13.8 Å². The molecule has 0 heterocycles. The molecule has 0 aliphatic carbocycles. The Balaban J connectivity index is 2.19. The van der Waals surface area contributed by atoms with Crippen LogP contribution in [0.15, 0.2) is 18.2 Å². The van der Waals surface area contributed by atoms with Crippen molar-refractivity contribution in [2.24, 2.45) is 5.73 Å². The normalized spacial score (nSPS) is 10.1. The van der Waals surface area contributed by atoms with Gasteiger partial charge in [-0.05, 0) is 62.0 Å². The Hall–Kier alpha value is -1.62. The topological polar surface area (TPSA) is 67.2 Å². The van der Waals surface area contributed by atoms with Crippen molar-refractivity contribution in [2.75, 3.05) is 0 Å². The van der Waals surface area contributed by atoms with Gasteiger partial charge in [0.1, 0.15) is 0 Å². The van der Waals surface area contributed by atoms with Gasteiger partial charge >= 0.3 is 0 Å². The Morgan fingerprint density at radius 1 is 1.15 bits per heavy atom. The standard InChI is InChI=1S/C15H23N3OS/c1-11-7-6-8-12(2)13(11)9-4-3-5-10-14(19)17-18-15(16)20/h6-8H,3-5,9-10H2,1-2H3,(H,17,19)(H3,16,18,20). The molecular weight excluding hydrogens is 270 g/mol. The third kappa shape index (κ3) is 6.02. The number of hydrazine groups is 1. The summed E-state index contributed by atoms with van der Waals surface area (Å²) in [7, 11) is 0. The number of hydrogen-bond acceptors (Lipinski definition) is 2. The van der Waals surface area contributed by atoms with Crippen molar-refractivity contribution < 1.29 is 4.79 Å². The van der Waals surface area contributed by atoms with Crippen molar-refractivity contribution in [1.82, 2.24) is 10.9 Å². The Bertz CT molecular complexity index is 454. The van der Waals surface area contributed by atoms with E-state index in [0.29, 0.717) is 6.42 Å². The molecule has 1 aromatic rings. The second kappa shape index (κ2) is 8.53. The van der Waals surface area contributed by atoms with Gasteiger partial charge in [0.2, 0.25) is 5.91 Å². The van der Waals surface area contributed by atoms with E-state index in [1.165, 1.54) is 16.7 Å². The fourth-order valence-corrected chi connectivity index (χ4v) is 2.25. The smallest absolute Gasteiger partial charge is 0.238 e. The van der Waals surface area contributed by atoms with Crippen molar-refractivity contribution in [3.05, 3.63) is 34.9 Å². The summed E-state index contributed by atoms with van der Waals surface area (Å²) in [4.78, 5) is 11.4. The average molecular weight is 293 g/mol. The summed E-state index contributed by atoms with van der Waals surface area (Å²) in [5.41, 5.74) is 14.2. The lowest BCUT2D eigenvalue weighted by Gasteiger charge is -2.09. The molecular formula is C15H23N3OS. The van der Waals surface area contributed by atoms with Crippen LogP contribution in [0.1, 0.15) is 42.4 Å². The number of amides is 1. The Morgan fingerprint density at radius 3 is 2.40 bits per heavy atom. The van der Waals surface area contributed by atoms with Gasteiger partial charge in [0.25, 0.3) is 0 Å². The maximum Gasteiger partial charge on any atom is 0.238 e. The summed E-state index contributed by atoms with van der Waals surface area (Å²) < 4.78 is 0. The van der Waals surface area contributed by atoms with Crippen molar-refractivity contribution >= 4 is 23.2 Å². The minimum absolute atomic E-state index is 0.0772. The third-order valence-corrected chi connectivity index (χ3v) is 3.40. The molecule has 0 unspecified atom stereocenters. The highest BCUT2D eigenvalue weighted by Gasteiger charge is 2.03. The number of nitrogens with one attached hydrogen (secondary N) is 2. The van der Waals surface area contributed by atoms with Crippen LogP contribution in [-0.2, 0) is 11.2 Å². The number of hydrogen-bond donors (Lipinski definition) is 3. The molecule has 0 bridgehead atoms. The van der Waals surface area contributed by atoms with Crippen LogP contribution >= 0.6 is 12.2 Å². The first-order chi connectivity index (χ1) is 9.50. The molecule has 20 heavy (non-hydrogen) atoms. The van der Waals surface area contributed by atoms with Crippen LogP contribution in [0.3, 0.4) is 0 Å². The average Bonchev–Trinajstić information content (AvgIpc) is 2.39. The maximum atomic E-state index is 11.4. The molecule has 4 nitrogen and oxygen atoms in total. The zero-order valence-electron chi connectivity index (χ0n) is 12.2. The summed E-state index contributed by atoms with van der Waals surface area (Å²) in [5, 5.41) is 0.0772. The van der Waals surface area contributed by atoms with Crippen molar-refractivity contribution in [3.63, 3.8) is 0 Å². The van der Waals surface area contributed by atoms with Gasteiger partial charge in [-0.15, -0.1) is 0 Å². The first-order valence-corrected chi connectivity index (χ1v) is 7.31. The molecule has 0 radical (unpaired) electrons. The number of carbonyl (C=O) groups is 1. The van der Waals surface area contributed by atoms with E-state index in [0.717, 1.165) is 25.7 Å². The van der Waals surface area contributed by atoms with Gasteiger partial charge in [0.15, 0.2) is 5.11 Å². The van der Waals surface area contributed by atoms with E-state index in [1.807, 2.05) is 0 Å². The van der Waals surface area contributed by atoms with E-state index in [-0.39, 0.29) is 11.0 Å². The molecule has 1 aromatic carbocycles. The molecule has 5 heteroatoms. The van der Waals surface area contributed by atoms with Gasteiger partial charge in [0.05, 0.1) is 0 Å². The fourth-order valence-electron chi connectivity index (χ4n) is 2.20. The molecule has 0 spiro atoms. The summed E-state index contributed by atoms with van der Waals surface area (Å²) in [6.45, 7) is 4.30. The Labute approximate surface area is 126 Å². The first-order valence-electron chi connectivity index (χ1n) is 6.90. The van der Waals surface area contributed by atoms with E-state index in [9.17, 15) is 4.79 Å². The quantitative estimate of drug-likeness (QED) is 0.427. The van der Waals surface area contributed by atoms with Crippen LogP contribution in [0.5, 0.6) is 0 Å². The highest BCUT2D eigenvalue weighted by molar-refractivity contribution is 7.80. The third-order valence-electron chi connectivity index (χ3n) is 3.30. The van der Waals surface area contributed by atoms with Crippen LogP contribution in [0.25, 0.3) is 0 Å². The lowest BCUT2D eigenvalue weighted by Crippen LogP contribution is -2.44. The van der Waals surface area contributed by atoms with Crippen molar-refractivity contribution in [2.45, 2.75) is 46.0 Å². The minimum Gasteiger partial charge on any atom is -0.375 e. The Kier molecular flexibility index (Phi) is 7.01. The zero-order chi connectivity index (χ0) is 15.0. The van der Waals surface area contributed by atoms with Crippen molar-refractivity contribution in [3.8, 4) is 0 Å². The predicted octanol–water partition coefficient (Wildman–Crippen LogP) is 2.27. The number of benzene rings is 1. The van der Waals surface area contributed by atoms with Crippen LogP contribution in [0.4, 0.5) is 0 Å². The highest BCUT2D eigenvalue weighted by atomic mass is 32.1. The zero-order valence-corrected chi connectivity index (χ0v) is 13.0. The molecule has 0 aliphatic heterocycles. The summed E-state index contributed by atoms with van der Waals surface area (Å²) in [6.07, 6.45) is 4.57. The first kappa shape index (κ1) is 16.4. The lowest BCUT2D eigenvalue weighted by atomic mass is 9.97. The number of unbranched alkanes of at least 4 members (excludes halogenated alkanes) is 2. The molecule has 0 saturated heterocycles. The number of thiocarbonyl (C=S) groups is 1. The molecule has 4 N–H and O–H groups in total. The van der Waals surface area contributed by atoms with Crippen molar-refractivity contribution in [1.29, 1.82) is 0 Å². The second-order valence-corrected chi connectivity index (χ2v) is 5.41. The van der Waals surface area contributed by atoms with E-state index >= 15 is 0 Å². The van der Waals surface area contributed by atoms with Crippen LogP contribution in [-0.4, -0.2) is 11.0 Å². The van der Waals surface area contributed by atoms with Gasteiger partial charge in [0, 0.05) is 6.42 Å². The Morgan fingerprint density at radius 2 is 1.80 bits per heavy atom. The number of carbonyl (C=O) groups excluding carboxylic acids is 1. The monoisotopic (exact) mass is 293 g/mol. The molecule has 0 fully saturated rings. The predicted molar refractivity (Wildman–Crippen MR) is 86.2 cm³/mol. The molecule has 110 valence electrons. The molecule has 0 atom stereocenters. The molecule has 0 aromatic heterocycles. The lowest BCUT2D eigenvalue weighted by molar-refractivity contribution is -0.121. The van der Waals surface area contributed by atoms with E-state index < -0.39 is 0 Å². The number of aryl methyl sites for hydroxylation is 2. The largest absolute Gasteiger partial charge is 0.375 e. The minimum atomic E-state index is -0.0788. The molecule has 1 rings (SSSR count). The van der Waals surface area contributed by atoms with Crippen LogP contribution in [0.2, 0.25) is 0 Å². The molecule has 1 amide bonds. The molecule has 0 saturated carbocycles. The maximum absolute atomic E-state index is 11.4. The summed E-state index contributed by atoms with van der Waals surface area (Å²) >= 11 is 4.60. The summed E-state index contributed by atoms with van der Waals surface area (Å²) in [5.74, 6) is -0.0788. The number of nitrogens with two attached hydrogens (primary N) is 1.